The minimum absolute atomic E-state index is 0.00945. The number of urea groups is 1. The first-order valence-corrected chi connectivity index (χ1v) is 8.46. The van der Waals surface area contributed by atoms with Gasteiger partial charge in [-0.3, -0.25) is 0 Å². The number of likely N-dealkylation sites (tertiary alicyclic amines) is 1. The number of rotatable bonds is 3. The summed E-state index contributed by atoms with van der Waals surface area (Å²) in [4.78, 5) is 19.7. The van der Waals surface area contributed by atoms with Gasteiger partial charge < -0.3 is 10.2 Å². The number of benzene rings is 1. The maximum atomic E-state index is 12.0. The van der Waals surface area contributed by atoms with Gasteiger partial charge in [-0.1, -0.05) is 29.8 Å². The highest BCUT2D eigenvalue weighted by Gasteiger charge is 2.23. The van der Waals surface area contributed by atoms with Crippen LogP contribution in [0.25, 0.3) is 10.6 Å². The fourth-order valence-corrected chi connectivity index (χ4v) is 3.56. The summed E-state index contributed by atoms with van der Waals surface area (Å²) in [5.41, 5.74) is 3.37. The van der Waals surface area contributed by atoms with E-state index in [1.165, 1.54) is 5.56 Å². The van der Waals surface area contributed by atoms with Gasteiger partial charge in [-0.05, 0) is 27.2 Å². The van der Waals surface area contributed by atoms with Crippen molar-refractivity contribution in [3.63, 3.8) is 0 Å². The lowest BCUT2D eigenvalue weighted by Crippen LogP contribution is -2.48. The Hall–Kier alpha value is -1.88. The molecule has 1 aliphatic heterocycles. The number of hydrogen-bond donors (Lipinski definition) is 1. The van der Waals surface area contributed by atoms with Gasteiger partial charge in [-0.25, -0.2) is 9.78 Å². The Morgan fingerprint density at radius 3 is 2.55 bits per heavy atom. The summed E-state index contributed by atoms with van der Waals surface area (Å²) >= 11 is 1.66. The maximum Gasteiger partial charge on any atom is 0.317 e. The molecule has 0 radical (unpaired) electrons. The van der Waals surface area contributed by atoms with E-state index in [1.807, 2.05) is 18.7 Å². The number of nitrogens with one attached hydrogen (secondary N) is 1. The third-order valence-corrected chi connectivity index (χ3v) is 5.40. The molecule has 1 fully saturated rings. The second kappa shape index (κ2) is 6.08. The second-order valence-corrected chi connectivity index (χ2v) is 6.88. The van der Waals surface area contributed by atoms with Crippen LogP contribution in [0.3, 0.4) is 0 Å². The molecule has 1 N–H and O–H groups in total. The summed E-state index contributed by atoms with van der Waals surface area (Å²) in [6.45, 7) is 7.85. The molecular formula is C17H21N3OS. The zero-order valence-electron chi connectivity index (χ0n) is 13.2. The predicted molar refractivity (Wildman–Crippen MR) is 90.2 cm³/mol. The van der Waals surface area contributed by atoms with Gasteiger partial charge >= 0.3 is 6.03 Å². The Morgan fingerprint density at radius 2 is 1.95 bits per heavy atom. The number of nitrogens with zero attached hydrogens (tertiary/aromatic N) is 2. The van der Waals surface area contributed by atoms with E-state index in [4.69, 9.17) is 0 Å². The van der Waals surface area contributed by atoms with E-state index in [1.54, 1.807) is 11.3 Å². The standard InChI is InChI=1S/C17H21N3OS/c1-11-5-7-14(8-6-11)16-18-12(2)15(22-16)13(3)19-17(21)20-9-4-10-20/h5-8,13H,4,9-10H2,1-3H3,(H,19,21)/t13-/m0/s1. The van der Waals surface area contributed by atoms with Crippen LogP contribution in [0.5, 0.6) is 0 Å². The molecule has 2 aromatic rings. The van der Waals surface area contributed by atoms with Gasteiger partial charge in [0.2, 0.25) is 0 Å². The molecule has 5 heteroatoms. The molecule has 0 spiro atoms. The first-order chi connectivity index (χ1) is 10.5. The van der Waals surface area contributed by atoms with Crippen molar-refractivity contribution in [3.05, 3.63) is 40.4 Å². The highest BCUT2D eigenvalue weighted by molar-refractivity contribution is 7.15. The molecule has 0 unspecified atom stereocenters. The van der Waals surface area contributed by atoms with Gasteiger partial charge in [-0.15, -0.1) is 11.3 Å². The Bertz CT molecular complexity index is 674. The Balaban J connectivity index is 1.76. The van der Waals surface area contributed by atoms with E-state index in [2.05, 4.69) is 41.5 Å². The quantitative estimate of drug-likeness (QED) is 0.933. The van der Waals surface area contributed by atoms with Crippen LogP contribution in [0.4, 0.5) is 4.79 Å². The first kappa shape index (κ1) is 15.0. The first-order valence-electron chi connectivity index (χ1n) is 7.64. The minimum atomic E-state index is -0.00945. The van der Waals surface area contributed by atoms with Crippen molar-refractivity contribution in [2.75, 3.05) is 13.1 Å². The third kappa shape index (κ3) is 2.99. The monoisotopic (exact) mass is 315 g/mol. The Morgan fingerprint density at radius 1 is 1.27 bits per heavy atom. The molecule has 22 heavy (non-hydrogen) atoms. The zero-order valence-corrected chi connectivity index (χ0v) is 14.0. The van der Waals surface area contributed by atoms with E-state index in [0.29, 0.717) is 0 Å². The topological polar surface area (TPSA) is 45.2 Å². The summed E-state index contributed by atoms with van der Waals surface area (Å²) in [5, 5.41) is 4.08. The molecule has 0 bridgehead atoms. The van der Waals surface area contributed by atoms with Crippen LogP contribution in [0.15, 0.2) is 24.3 Å². The molecule has 3 rings (SSSR count). The summed E-state index contributed by atoms with van der Waals surface area (Å²) in [7, 11) is 0. The Kier molecular flexibility index (Phi) is 4.16. The molecule has 1 aromatic carbocycles. The number of carbonyl (C=O) groups is 1. The van der Waals surface area contributed by atoms with Crippen molar-refractivity contribution in [1.82, 2.24) is 15.2 Å². The number of thiazole rings is 1. The van der Waals surface area contributed by atoms with Crippen molar-refractivity contribution in [3.8, 4) is 10.6 Å². The van der Waals surface area contributed by atoms with E-state index in [-0.39, 0.29) is 12.1 Å². The summed E-state index contributed by atoms with van der Waals surface area (Å²) < 4.78 is 0. The van der Waals surface area contributed by atoms with E-state index >= 15 is 0 Å². The molecule has 4 nitrogen and oxygen atoms in total. The lowest BCUT2D eigenvalue weighted by Gasteiger charge is -2.32. The van der Waals surface area contributed by atoms with Gasteiger partial charge in [0.1, 0.15) is 5.01 Å². The predicted octanol–water partition coefficient (Wildman–Crippen LogP) is 3.90. The molecule has 1 aromatic heterocycles. The van der Waals surface area contributed by atoms with Crippen LogP contribution in [0.2, 0.25) is 0 Å². The summed E-state index contributed by atoms with van der Waals surface area (Å²) in [6, 6.07) is 8.41. The van der Waals surface area contributed by atoms with Gasteiger partial charge in [0, 0.05) is 18.7 Å². The van der Waals surface area contributed by atoms with Gasteiger partial charge in [0.15, 0.2) is 0 Å². The molecule has 2 amide bonds. The lowest BCUT2D eigenvalue weighted by molar-refractivity contribution is 0.165. The maximum absolute atomic E-state index is 12.0. The number of aryl methyl sites for hydroxylation is 2. The van der Waals surface area contributed by atoms with Gasteiger partial charge in [0.25, 0.3) is 0 Å². The fraction of sp³-hybridized carbons (Fsp3) is 0.412. The smallest absolute Gasteiger partial charge is 0.317 e. The number of carbonyl (C=O) groups excluding carboxylic acids is 1. The largest absolute Gasteiger partial charge is 0.331 e. The SMILES string of the molecule is Cc1ccc(-c2nc(C)c([C@H](C)NC(=O)N3CCC3)s2)cc1. The van der Waals surface area contributed by atoms with Gasteiger partial charge in [-0.2, -0.15) is 0 Å². The molecule has 0 saturated carbocycles. The van der Waals surface area contributed by atoms with Crippen molar-refractivity contribution in [1.29, 1.82) is 0 Å². The van der Waals surface area contributed by atoms with E-state index in [0.717, 1.165) is 40.7 Å². The normalized spacial score (nSPS) is 15.3. The Labute approximate surface area is 135 Å². The highest BCUT2D eigenvalue weighted by atomic mass is 32.1. The molecular weight excluding hydrogens is 294 g/mol. The zero-order chi connectivity index (χ0) is 15.7. The van der Waals surface area contributed by atoms with Crippen molar-refractivity contribution in [2.24, 2.45) is 0 Å². The van der Waals surface area contributed by atoms with Crippen molar-refractivity contribution >= 4 is 17.4 Å². The molecule has 2 heterocycles. The van der Waals surface area contributed by atoms with Crippen molar-refractivity contribution < 1.29 is 4.79 Å². The summed E-state index contributed by atoms with van der Waals surface area (Å²) in [5.74, 6) is 0. The summed E-state index contributed by atoms with van der Waals surface area (Å²) in [6.07, 6.45) is 1.11. The number of aromatic nitrogens is 1. The average molecular weight is 315 g/mol. The highest BCUT2D eigenvalue weighted by Crippen LogP contribution is 2.32. The minimum Gasteiger partial charge on any atom is -0.331 e. The lowest BCUT2D eigenvalue weighted by atomic mass is 10.2. The van der Waals surface area contributed by atoms with Crippen LogP contribution in [0.1, 0.15) is 35.5 Å². The molecule has 116 valence electrons. The molecule has 1 atom stereocenters. The van der Waals surface area contributed by atoms with E-state index < -0.39 is 0 Å². The molecule has 0 aliphatic carbocycles. The van der Waals surface area contributed by atoms with Crippen LogP contribution in [-0.4, -0.2) is 29.0 Å². The average Bonchev–Trinajstić information content (AvgIpc) is 2.79. The van der Waals surface area contributed by atoms with Gasteiger partial charge in [0.05, 0.1) is 16.6 Å². The van der Waals surface area contributed by atoms with Crippen molar-refractivity contribution in [2.45, 2.75) is 33.2 Å². The third-order valence-electron chi connectivity index (χ3n) is 4.01. The van der Waals surface area contributed by atoms with Crippen LogP contribution in [-0.2, 0) is 0 Å². The fourth-order valence-electron chi connectivity index (χ4n) is 2.49. The van der Waals surface area contributed by atoms with E-state index in [9.17, 15) is 4.79 Å². The van der Waals surface area contributed by atoms with Crippen LogP contribution in [0, 0.1) is 13.8 Å². The molecule has 1 saturated heterocycles. The molecule has 1 aliphatic rings. The van der Waals surface area contributed by atoms with Crippen LogP contribution < -0.4 is 5.32 Å². The number of hydrogen-bond acceptors (Lipinski definition) is 3. The number of amides is 2. The van der Waals surface area contributed by atoms with Crippen LogP contribution >= 0.6 is 11.3 Å². The second-order valence-electron chi connectivity index (χ2n) is 5.85.